The van der Waals surface area contributed by atoms with Gasteiger partial charge in [-0.15, -0.1) is 0 Å². The lowest BCUT2D eigenvalue weighted by Gasteiger charge is -2.36. The molecular weight excluding hydrogens is 349 g/mol. The second-order valence-electron chi connectivity index (χ2n) is 5.01. The van der Waals surface area contributed by atoms with Crippen LogP contribution in [0.4, 0.5) is 13.2 Å². The summed E-state index contributed by atoms with van der Waals surface area (Å²) in [5, 5.41) is 3.16. The van der Waals surface area contributed by atoms with Crippen molar-refractivity contribution in [2.75, 3.05) is 33.3 Å². The first-order valence-electron chi connectivity index (χ1n) is 6.75. The minimum absolute atomic E-state index is 0.492. The predicted molar refractivity (Wildman–Crippen MR) is 78.5 cm³/mol. The van der Waals surface area contributed by atoms with E-state index in [1.54, 1.807) is 18.2 Å². The average molecular weight is 367 g/mol. The number of halogens is 4. The summed E-state index contributed by atoms with van der Waals surface area (Å²) in [5.74, 6) is 0.492. The van der Waals surface area contributed by atoms with Crippen LogP contribution in [0.3, 0.4) is 0 Å². The van der Waals surface area contributed by atoms with E-state index < -0.39 is 18.6 Å². The Hall–Kier alpha value is -0.790. The lowest BCUT2D eigenvalue weighted by Crippen LogP contribution is -2.46. The zero-order valence-corrected chi connectivity index (χ0v) is 13.3. The summed E-state index contributed by atoms with van der Waals surface area (Å²) in [5.41, 5.74) is 0.575. The Kier molecular flexibility index (Phi) is 5.51. The van der Waals surface area contributed by atoms with Gasteiger partial charge in [0.1, 0.15) is 5.75 Å². The summed E-state index contributed by atoms with van der Waals surface area (Å²) in [6.45, 7) is 2.59. The smallest absolute Gasteiger partial charge is 0.390 e. The van der Waals surface area contributed by atoms with Crippen molar-refractivity contribution in [1.29, 1.82) is 0 Å². The number of nitrogens with zero attached hydrogens (tertiary/aromatic N) is 1. The minimum Gasteiger partial charge on any atom is -0.496 e. The second kappa shape index (κ2) is 6.98. The standard InChI is InChI=1S/C14H18BrF3N2O/c1-21-13-3-2-10(15)8-11(13)12(9-14(16,17)18)20-6-4-19-5-7-20/h2-3,8,12,19H,4-7,9H2,1H3/t12-/m1/s1. The number of nitrogens with one attached hydrogen (secondary N) is 1. The van der Waals surface area contributed by atoms with Crippen molar-refractivity contribution in [3.63, 3.8) is 0 Å². The molecule has 21 heavy (non-hydrogen) atoms. The van der Waals surface area contributed by atoms with Gasteiger partial charge >= 0.3 is 6.18 Å². The first kappa shape index (κ1) is 16.6. The van der Waals surface area contributed by atoms with E-state index in [0.717, 1.165) is 4.47 Å². The summed E-state index contributed by atoms with van der Waals surface area (Å²) in [6, 6.07) is 4.46. The quantitative estimate of drug-likeness (QED) is 0.884. The summed E-state index contributed by atoms with van der Waals surface area (Å²) < 4.78 is 45.0. The lowest BCUT2D eigenvalue weighted by molar-refractivity contribution is -0.148. The van der Waals surface area contributed by atoms with Crippen molar-refractivity contribution in [2.24, 2.45) is 0 Å². The molecule has 0 spiro atoms. The van der Waals surface area contributed by atoms with Gasteiger partial charge in [0.05, 0.1) is 13.5 Å². The monoisotopic (exact) mass is 366 g/mol. The third-order valence-electron chi connectivity index (χ3n) is 3.57. The van der Waals surface area contributed by atoms with Crippen LogP contribution in [-0.4, -0.2) is 44.4 Å². The van der Waals surface area contributed by atoms with Crippen molar-refractivity contribution in [2.45, 2.75) is 18.6 Å². The molecule has 0 unspecified atom stereocenters. The van der Waals surface area contributed by atoms with E-state index in [4.69, 9.17) is 4.74 Å². The number of hydrogen-bond acceptors (Lipinski definition) is 3. The van der Waals surface area contributed by atoms with Crippen molar-refractivity contribution < 1.29 is 17.9 Å². The van der Waals surface area contributed by atoms with Gasteiger partial charge in [0.2, 0.25) is 0 Å². The Morgan fingerprint density at radius 2 is 2.00 bits per heavy atom. The van der Waals surface area contributed by atoms with Crippen molar-refractivity contribution >= 4 is 15.9 Å². The van der Waals surface area contributed by atoms with Crippen LogP contribution in [-0.2, 0) is 0 Å². The van der Waals surface area contributed by atoms with E-state index in [1.165, 1.54) is 7.11 Å². The Morgan fingerprint density at radius 3 is 2.57 bits per heavy atom. The number of methoxy groups -OCH3 is 1. The molecule has 0 amide bonds. The number of hydrogen-bond donors (Lipinski definition) is 1. The number of rotatable bonds is 4. The summed E-state index contributed by atoms with van der Waals surface area (Å²) >= 11 is 3.33. The van der Waals surface area contributed by atoms with Crippen molar-refractivity contribution in [3.8, 4) is 5.75 Å². The molecule has 1 fully saturated rings. The highest BCUT2D eigenvalue weighted by Gasteiger charge is 2.37. The van der Waals surface area contributed by atoms with Crippen LogP contribution in [0.1, 0.15) is 18.0 Å². The highest BCUT2D eigenvalue weighted by molar-refractivity contribution is 9.10. The minimum atomic E-state index is -4.22. The van der Waals surface area contributed by atoms with Crippen LogP contribution in [0.25, 0.3) is 0 Å². The van der Waals surface area contributed by atoms with E-state index in [2.05, 4.69) is 21.2 Å². The number of piperazine rings is 1. The normalized spacial score (nSPS) is 18.5. The van der Waals surface area contributed by atoms with Gasteiger partial charge in [-0.3, -0.25) is 4.90 Å². The van der Waals surface area contributed by atoms with Crippen molar-refractivity contribution in [1.82, 2.24) is 10.2 Å². The molecule has 1 aliphatic rings. The van der Waals surface area contributed by atoms with E-state index >= 15 is 0 Å². The van der Waals surface area contributed by atoms with Crippen LogP contribution >= 0.6 is 15.9 Å². The molecule has 0 bridgehead atoms. The SMILES string of the molecule is COc1ccc(Br)cc1[C@@H](CC(F)(F)F)N1CCNCC1. The Morgan fingerprint density at radius 1 is 1.33 bits per heavy atom. The van der Waals surface area contributed by atoms with E-state index in [0.29, 0.717) is 37.5 Å². The zero-order chi connectivity index (χ0) is 15.5. The molecule has 0 radical (unpaired) electrons. The van der Waals surface area contributed by atoms with E-state index in [9.17, 15) is 13.2 Å². The molecule has 1 aromatic rings. The summed E-state index contributed by atoms with van der Waals surface area (Å²) in [7, 11) is 1.48. The van der Waals surface area contributed by atoms with Gasteiger partial charge in [-0.2, -0.15) is 13.2 Å². The van der Waals surface area contributed by atoms with Gasteiger partial charge in [0, 0.05) is 42.3 Å². The van der Waals surface area contributed by atoms with Crippen LogP contribution in [0, 0.1) is 0 Å². The molecule has 1 aliphatic heterocycles. The highest BCUT2D eigenvalue weighted by Crippen LogP contribution is 2.39. The second-order valence-corrected chi connectivity index (χ2v) is 5.92. The number of ether oxygens (including phenoxy) is 1. The first-order chi connectivity index (χ1) is 9.90. The lowest BCUT2D eigenvalue weighted by atomic mass is 9.99. The van der Waals surface area contributed by atoms with Gasteiger partial charge in [-0.05, 0) is 18.2 Å². The molecule has 0 saturated carbocycles. The fourth-order valence-electron chi connectivity index (χ4n) is 2.61. The van der Waals surface area contributed by atoms with Gasteiger partial charge in [0.25, 0.3) is 0 Å². The van der Waals surface area contributed by atoms with Crippen molar-refractivity contribution in [3.05, 3.63) is 28.2 Å². The fraction of sp³-hybridized carbons (Fsp3) is 0.571. The molecule has 0 aliphatic carbocycles. The summed E-state index contributed by atoms with van der Waals surface area (Å²) in [6.07, 6.45) is -5.09. The molecule has 7 heteroatoms. The average Bonchev–Trinajstić information content (AvgIpc) is 2.45. The molecule has 0 aromatic heterocycles. The molecule has 1 aromatic carbocycles. The molecule has 1 atom stereocenters. The topological polar surface area (TPSA) is 24.5 Å². The maximum atomic E-state index is 13.0. The molecule has 3 nitrogen and oxygen atoms in total. The molecule has 2 rings (SSSR count). The molecular formula is C14H18BrF3N2O. The Bertz CT molecular complexity index is 476. The van der Waals surface area contributed by atoms with Crippen LogP contribution in [0.2, 0.25) is 0 Å². The number of alkyl halides is 3. The highest BCUT2D eigenvalue weighted by atomic mass is 79.9. The summed E-state index contributed by atoms with van der Waals surface area (Å²) in [4.78, 5) is 1.87. The third kappa shape index (κ3) is 4.59. The van der Waals surface area contributed by atoms with E-state index in [1.807, 2.05) is 4.90 Å². The molecule has 1 heterocycles. The molecule has 1 saturated heterocycles. The number of benzene rings is 1. The Labute approximate surface area is 130 Å². The van der Waals surface area contributed by atoms with E-state index in [-0.39, 0.29) is 0 Å². The predicted octanol–water partition coefficient (Wildman–Crippen LogP) is 3.36. The van der Waals surface area contributed by atoms with Gasteiger partial charge in [-0.25, -0.2) is 0 Å². The first-order valence-corrected chi connectivity index (χ1v) is 7.55. The van der Waals surface area contributed by atoms with Gasteiger partial charge < -0.3 is 10.1 Å². The van der Waals surface area contributed by atoms with Crippen LogP contribution < -0.4 is 10.1 Å². The zero-order valence-electron chi connectivity index (χ0n) is 11.7. The van der Waals surface area contributed by atoms with Crippen LogP contribution in [0.5, 0.6) is 5.75 Å². The van der Waals surface area contributed by atoms with Gasteiger partial charge in [0.15, 0.2) is 0 Å². The Balaban J connectivity index is 2.35. The maximum Gasteiger partial charge on any atom is 0.390 e. The molecule has 118 valence electrons. The largest absolute Gasteiger partial charge is 0.496 e. The van der Waals surface area contributed by atoms with Crippen LogP contribution in [0.15, 0.2) is 22.7 Å². The fourth-order valence-corrected chi connectivity index (χ4v) is 2.99. The third-order valence-corrected chi connectivity index (χ3v) is 4.06. The van der Waals surface area contributed by atoms with Gasteiger partial charge in [-0.1, -0.05) is 15.9 Å². The molecule has 1 N–H and O–H groups in total. The maximum absolute atomic E-state index is 13.0.